The monoisotopic (exact) mass is 297 g/mol. The number of nitrogens with zero attached hydrogens (tertiary/aromatic N) is 2. The molecule has 0 heterocycles. The van der Waals surface area contributed by atoms with E-state index in [1.807, 2.05) is 0 Å². The lowest BCUT2D eigenvalue weighted by Crippen LogP contribution is -2.10. The van der Waals surface area contributed by atoms with E-state index in [9.17, 15) is 13.2 Å². The Hall–Kier alpha value is -2.12. The van der Waals surface area contributed by atoms with Gasteiger partial charge in [-0.15, -0.1) is 0 Å². The Labute approximate surface area is 118 Å². The van der Waals surface area contributed by atoms with E-state index in [4.69, 9.17) is 10.5 Å². The number of rotatable bonds is 4. The average Bonchev–Trinajstić information content (AvgIpc) is 2.40. The van der Waals surface area contributed by atoms with Gasteiger partial charge in [-0.25, -0.2) is 0 Å². The lowest BCUT2D eigenvalue weighted by molar-refractivity contribution is -0.137. The van der Waals surface area contributed by atoms with Gasteiger partial charge < -0.3 is 5.32 Å². The number of benzene rings is 1. The molecule has 7 heteroatoms. The molecule has 0 atom stereocenters. The summed E-state index contributed by atoms with van der Waals surface area (Å²) < 4.78 is 38.9. The number of nitriles is 2. The largest absolute Gasteiger partial charge is 0.418 e. The molecule has 0 saturated carbocycles. The molecule has 104 valence electrons. The summed E-state index contributed by atoms with van der Waals surface area (Å²) in [5.41, 5.74) is -0.788. The highest BCUT2D eigenvalue weighted by Gasteiger charge is 2.34. The molecule has 3 nitrogen and oxygen atoms in total. The first kappa shape index (κ1) is 15.9. The fourth-order valence-corrected chi connectivity index (χ4v) is 2.07. The summed E-state index contributed by atoms with van der Waals surface area (Å²) in [5, 5.41) is 19.6. The number of nitrogens with one attached hydrogen (secondary N) is 1. The van der Waals surface area contributed by atoms with Gasteiger partial charge in [0.15, 0.2) is 0 Å². The zero-order valence-electron chi connectivity index (χ0n) is 10.5. The van der Waals surface area contributed by atoms with Crippen LogP contribution in [0.25, 0.3) is 0 Å². The van der Waals surface area contributed by atoms with Gasteiger partial charge in [0.05, 0.1) is 11.3 Å². The molecule has 0 aliphatic carbocycles. The Bertz CT molecular complexity index is 578. The number of para-hydroxylation sites is 1. The minimum absolute atomic E-state index is 0.127. The molecule has 0 aromatic heterocycles. The van der Waals surface area contributed by atoms with Crippen LogP contribution in [0.3, 0.4) is 0 Å². The van der Waals surface area contributed by atoms with Crippen LogP contribution >= 0.6 is 11.8 Å². The van der Waals surface area contributed by atoms with Crippen molar-refractivity contribution in [3.63, 3.8) is 0 Å². The zero-order valence-corrected chi connectivity index (χ0v) is 11.3. The van der Waals surface area contributed by atoms with Gasteiger partial charge in [0, 0.05) is 12.0 Å². The lowest BCUT2D eigenvalue weighted by Gasteiger charge is -2.16. The predicted molar refractivity (Wildman–Crippen MR) is 71.6 cm³/mol. The van der Waals surface area contributed by atoms with Crippen LogP contribution in [0, 0.1) is 22.7 Å². The van der Waals surface area contributed by atoms with Gasteiger partial charge in [-0.05, 0) is 17.9 Å². The van der Waals surface area contributed by atoms with Gasteiger partial charge in [0.1, 0.15) is 17.7 Å². The summed E-state index contributed by atoms with van der Waals surface area (Å²) in [5.74, 6) is 0.383. The predicted octanol–water partition coefficient (Wildman–Crippen LogP) is 3.91. The van der Waals surface area contributed by atoms with Gasteiger partial charge in [-0.1, -0.05) is 12.1 Å². The second-order valence-electron chi connectivity index (χ2n) is 3.70. The van der Waals surface area contributed by atoms with Gasteiger partial charge >= 0.3 is 6.18 Å². The fourth-order valence-electron chi connectivity index (χ4n) is 1.52. The van der Waals surface area contributed by atoms with Gasteiger partial charge in [0.25, 0.3) is 0 Å². The number of alkyl halides is 3. The quantitative estimate of drug-likeness (QED) is 0.856. The molecule has 0 unspecified atom stereocenters. The third-order valence-corrected chi connectivity index (χ3v) is 2.96. The van der Waals surface area contributed by atoms with Crippen LogP contribution in [0.15, 0.2) is 30.0 Å². The van der Waals surface area contributed by atoms with Crippen LogP contribution in [0.2, 0.25) is 0 Å². The molecular weight excluding hydrogens is 287 g/mol. The number of hydrogen-bond acceptors (Lipinski definition) is 4. The lowest BCUT2D eigenvalue weighted by atomic mass is 10.1. The van der Waals surface area contributed by atoms with Crippen LogP contribution in [0.4, 0.5) is 18.9 Å². The topological polar surface area (TPSA) is 59.6 Å². The number of allylic oxidation sites excluding steroid dienone is 1. The Morgan fingerprint density at radius 2 is 2.00 bits per heavy atom. The minimum atomic E-state index is -4.51. The highest BCUT2D eigenvalue weighted by molar-refractivity contribution is 7.97. The van der Waals surface area contributed by atoms with Gasteiger partial charge in [-0.2, -0.15) is 35.5 Å². The smallest absolute Gasteiger partial charge is 0.359 e. The molecule has 20 heavy (non-hydrogen) atoms. The van der Waals surface area contributed by atoms with Crippen molar-refractivity contribution in [2.24, 2.45) is 0 Å². The van der Waals surface area contributed by atoms with Crippen LogP contribution in [-0.2, 0) is 11.9 Å². The van der Waals surface area contributed by atoms with E-state index in [0.717, 1.165) is 12.3 Å². The van der Waals surface area contributed by atoms with Crippen molar-refractivity contribution in [3.05, 3.63) is 41.1 Å². The maximum absolute atomic E-state index is 13.0. The molecule has 0 saturated heterocycles. The Kier molecular flexibility index (Phi) is 5.48. The number of halogens is 3. The number of hydrogen-bond donors (Lipinski definition) is 1. The molecule has 1 aromatic rings. The summed E-state index contributed by atoms with van der Waals surface area (Å²) in [6, 6.07) is 7.02. The SMILES string of the molecule is CSCc1cccc(C(F)(F)F)c1NC=C(C#N)C#N. The molecule has 0 bridgehead atoms. The first-order valence-corrected chi connectivity index (χ1v) is 6.78. The van der Waals surface area contributed by atoms with E-state index in [2.05, 4.69) is 5.32 Å². The van der Waals surface area contributed by atoms with E-state index in [-0.39, 0.29) is 11.3 Å². The maximum atomic E-state index is 13.0. The van der Waals surface area contributed by atoms with E-state index < -0.39 is 11.7 Å². The minimum Gasteiger partial charge on any atom is -0.359 e. The van der Waals surface area contributed by atoms with E-state index in [0.29, 0.717) is 11.3 Å². The van der Waals surface area contributed by atoms with E-state index in [1.54, 1.807) is 24.5 Å². The van der Waals surface area contributed by atoms with Gasteiger partial charge in [0.2, 0.25) is 0 Å². The van der Waals surface area contributed by atoms with Crippen LogP contribution in [0.1, 0.15) is 11.1 Å². The third kappa shape index (κ3) is 3.94. The normalized spacial score (nSPS) is 10.3. The molecule has 1 aromatic carbocycles. The molecule has 0 fully saturated rings. The molecule has 0 aliphatic rings. The molecular formula is C13H10F3N3S. The summed E-state index contributed by atoms with van der Waals surface area (Å²) in [6.07, 6.45) is -1.76. The van der Waals surface area contributed by atoms with E-state index >= 15 is 0 Å². The van der Waals surface area contributed by atoms with Crippen molar-refractivity contribution < 1.29 is 13.2 Å². The van der Waals surface area contributed by atoms with E-state index in [1.165, 1.54) is 17.8 Å². The Morgan fingerprint density at radius 1 is 1.35 bits per heavy atom. The second kappa shape index (κ2) is 6.88. The summed E-state index contributed by atoms with van der Waals surface area (Å²) >= 11 is 1.38. The third-order valence-electron chi connectivity index (χ3n) is 2.36. The average molecular weight is 297 g/mol. The highest BCUT2D eigenvalue weighted by atomic mass is 32.2. The van der Waals surface area contributed by atoms with Crippen molar-refractivity contribution in [2.45, 2.75) is 11.9 Å². The number of thioether (sulfide) groups is 1. The number of anilines is 1. The van der Waals surface area contributed by atoms with Crippen molar-refractivity contribution in [1.82, 2.24) is 0 Å². The molecule has 1 N–H and O–H groups in total. The van der Waals surface area contributed by atoms with Crippen molar-refractivity contribution >= 4 is 17.4 Å². The standard InChI is InChI=1S/C13H10F3N3S/c1-20-8-10-3-2-4-11(13(14,15)16)12(10)19-7-9(5-17)6-18/h2-4,7,19H,8H2,1H3. The summed E-state index contributed by atoms with van der Waals surface area (Å²) in [6.45, 7) is 0. The maximum Gasteiger partial charge on any atom is 0.418 e. The Balaban J connectivity index is 3.30. The van der Waals surface area contributed by atoms with Crippen LogP contribution in [0.5, 0.6) is 0 Å². The second-order valence-corrected chi connectivity index (χ2v) is 4.56. The highest BCUT2D eigenvalue weighted by Crippen LogP contribution is 2.37. The Morgan fingerprint density at radius 3 is 2.50 bits per heavy atom. The first-order valence-electron chi connectivity index (χ1n) is 5.39. The van der Waals surface area contributed by atoms with Crippen LogP contribution in [-0.4, -0.2) is 6.26 Å². The summed E-state index contributed by atoms with van der Waals surface area (Å²) in [7, 11) is 0. The van der Waals surface area contributed by atoms with Crippen molar-refractivity contribution in [3.8, 4) is 12.1 Å². The molecule has 0 aliphatic heterocycles. The molecule has 1 rings (SSSR count). The summed E-state index contributed by atoms with van der Waals surface area (Å²) in [4.78, 5) is 0. The van der Waals surface area contributed by atoms with Crippen molar-refractivity contribution in [1.29, 1.82) is 10.5 Å². The first-order chi connectivity index (χ1) is 9.43. The van der Waals surface area contributed by atoms with Crippen LogP contribution < -0.4 is 5.32 Å². The zero-order chi connectivity index (χ0) is 15.2. The molecule has 0 amide bonds. The molecule has 0 spiro atoms. The van der Waals surface area contributed by atoms with Crippen molar-refractivity contribution in [2.75, 3.05) is 11.6 Å². The molecule has 0 radical (unpaired) electrons. The van der Waals surface area contributed by atoms with Gasteiger partial charge in [-0.3, -0.25) is 0 Å². The fraction of sp³-hybridized carbons (Fsp3) is 0.231.